The fourth-order valence-electron chi connectivity index (χ4n) is 1.21. The summed E-state index contributed by atoms with van der Waals surface area (Å²) in [6.45, 7) is 3.07. The van der Waals surface area contributed by atoms with E-state index in [0.29, 0.717) is 0 Å². The number of nitrogens with one attached hydrogen (secondary N) is 2. The van der Waals surface area contributed by atoms with E-state index in [2.05, 4.69) is 10.6 Å². The Morgan fingerprint density at radius 1 is 1.21 bits per heavy atom. The standard InChI is InChI=1S/C12H15F3N2O2/c1-11(2,19)7-16-10(18)17-9-5-3-8(4-6-9)12(13,14)15/h3-6,19H,7H2,1-2H3,(H2,16,17,18). The van der Waals surface area contributed by atoms with Crippen molar-refractivity contribution in [2.75, 3.05) is 11.9 Å². The molecule has 0 saturated carbocycles. The molecule has 1 aromatic rings. The molecule has 0 radical (unpaired) electrons. The highest BCUT2D eigenvalue weighted by Gasteiger charge is 2.29. The van der Waals surface area contributed by atoms with Gasteiger partial charge in [-0.25, -0.2) is 4.79 Å². The molecule has 0 spiro atoms. The Morgan fingerprint density at radius 2 is 1.74 bits per heavy atom. The quantitative estimate of drug-likeness (QED) is 0.794. The predicted octanol–water partition coefficient (Wildman–Crippen LogP) is 2.60. The van der Waals surface area contributed by atoms with E-state index in [4.69, 9.17) is 0 Å². The van der Waals surface area contributed by atoms with Crippen molar-refractivity contribution in [1.29, 1.82) is 0 Å². The molecule has 0 aliphatic carbocycles. The Labute approximate surface area is 108 Å². The van der Waals surface area contributed by atoms with Gasteiger partial charge in [0.15, 0.2) is 0 Å². The highest BCUT2D eigenvalue weighted by molar-refractivity contribution is 5.89. The number of carbonyl (C=O) groups is 1. The van der Waals surface area contributed by atoms with Crippen molar-refractivity contribution in [3.8, 4) is 0 Å². The van der Waals surface area contributed by atoms with Crippen molar-refractivity contribution in [1.82, 2.24) is 5.32 Å². The predicted molar refractivity (Wildman–Crippen MR) is 64.8 cm³/mol. The van der Waals surface area contributed by atoms with Crippen molar-refractivity contribution in [3.63, 3.8) is 0 Å². The maximum Gasteiger partial charge on any atom is 0.416 e. The first-order chi connectivity index (χ1) is 8.58. The van der Waals surface area contributed by atoms with Gasteiger partial charge in [-0.1, -0.05) is 0 Å². The third-order valence-electron chi connectivity index (χ3n) is 2.15. The first kappa shape index (κ1) is 15.3. The zero-order valence-corrected chi connectivity index (χ0v) is 10.5. The summed E-state index contributed by atoms with van der Waals surface area (Å²) < 4.78 is 36.9. The van der Waals surface area contributed by atoms with Crippen LogP contribution >= 0.6 is 0 Å². The van der Waals surface area contributed by atoms with E-state index in [-0.39, 0.29) is 12.2 Å². The number of alkyl halides is 3. The second-order valence-electron chi connectivity index (χ2n) is 4.70. The topological polar surface area (TPSA) is 61.4 Å². The maximum atomic E-state index is 12.3. The number of halogens is 3. The van der Waals surface area contributed by atoms with Gasteiger partial charge in [-0.2, -0.15) is 13.2 Å². The molecule has 0 aliphatic rings. The minimum absolute atomic E-state index is 0.0273. The second-order valence-corrected chi connectivity index (χ2v) is 4.70. The van der Waals surface area contributed by atoms with Crippen molar-refractivity contribution in [3.05, 3.63) is 29.8 Å². The van der Waals surface area contributed by atoms with Crippen LogP contribution in [0.2, 0.25) is 0 Å². The molecule has 0 fully saturated rings. The number of benzene rings is 1. The Hall–Kier alpha value is -1.76. The van der Waals surface area contributed by atoms with E-state index in [1.807, 2.05) is 0 Å². The molecule has 0 atom stereocenters. The normalized spacial score (nSPS) is 12.1. The average molecular weight is 276 g/mol. The van der Waals surface area contributed by atoms with Crippen LogP contribution in [0, 0.1) is 0 Å². The van der Waals surface area contributed by atoms with Gasteiger partial charge < -0.3 is 15.7 Å². The molecule has 19 heavy (non-hydrogen) atoms. The number of aliphatic hydroxyl groups is 1. The molecular weight excluding hydrogens is 261 g/mol. The largest absolute Gasteiger partial charge is 0.416 e. The molecule has 2 amide bonds. The smallest absolute Gasteiger partial charge is 0.389 e. The van der Waals surface area contributed by atoms with Gasteiger partial charge in [-0.15, -0.1) is 0 Å². The highest BCUT2D eigenvalue weighted by atomic mass is 19.4. The molecule has 0 aliphatic heterocycles. The van der Waals surface area contributed by atoms with Gasteiger partial charge in [0.2, 0.25) is 0 Å². The number of hydrogen-bond acceptors (Lipinski definition) is 2. The van der Waals surface area contributed by atoms with Crippen molar-refractivity contribution in [2.24, 2.45) is 0 Å². The van der Waals surface area contributed by atoms with Crippen LogP contribution in [0.3, 0.4) is 0 Å². The van der Waals surface area contributed by atoms with Crippen LogP contribution < -0.4 is 10.6 Å². The number of amides is 2. The average Bonchev–Trinajstić information content (AvgIpc) is 2.25. The summed E-state index contributed by atoms with van der Waals surface area (Å²) in [7, 11) is 0. The van der Waals surface area contributed by atoms with E-state index in [9.17, 15) is 23.1 Å². The lowest BCUT2D eigenvalue weighted by molar-refractivity contribution is -0.137. The van der Waals surface area contributed by atoms with Crippen LogP contribution in [0.15, 0.2) is 24.3 Å². The number of hydrogen-bond donors (Lipinski definition) is 3. The van der Waals surface area contributed by atoms with Crippen LogP contribution in [0.1, 0.15) is 19.4 Å². The van der Waals surface area contributed by atoms with Crippen molar-refractivity contribution < 1.29 is 23.1 Å². The van der Waals surface area contributed by atoms with Gasteiger partial charge in [0.1, 0.15) is 0 Å². The van der Waals surface area contributed by atoms with E-state index in [1.54, 1.807) is 0 Å². The fourth-order valence-corrected chi connectivity index (χ4v) is 1.21. The summed E-state index contributed by atoms with van der Waals surface area (Å²) in [5.74, 6) is 0. The Balaban J connectivity index is 2.56. The van der Waals surface area contributed by atoms with E-state index < -0.39 is 23.4 Å². The molecule has 7 heteroatoms. The van der Waals surface area contributed by atoms with Gasteiger partial charge >= 0.3 is 12.2 Å². The minimum Gasteiger partial charge on any atom is -0.389 e. The van der Waals surface area contributed by atoms with Crippen molar-refractivity contribution >= 4 is 11.7 Å². The Morgan fingerprint density at radius 3 is 2.16 bits per heavy atom. The Kier molecular flexibility index (Phi) is 4.41. The number of urea groups is 1. The van der Waals surface area contributed by atoms with Crippen LogP contribution in [0.5, 0.6) is 0 Å². The SMILES string of the molecule is CC(C)(O)CNC(=O)Nc1ccc(C(F)(F)F)cc1. The third kappa shape index (κ3) is 5.60. The lowest BCUT2D eigenvalue weighted by Crippen LogP contribution is -2.40. The van der Waals surface area contributed by atoms with Crippen molar-refractivity contribution in [2.45, 2.75) is 25.6 Å². The first-order valence-corrected chi connectivity index (χ1v) is 5.52. The highest BCUT2D eigenvalue weighted by Crippen LogP contribution is 2.29. The van der Waals surface area contributed by atoms with Gasteiger partial charge in [-0.3, -0.25) is 0 Å². The molecule has 4 nitrogen and oxygen atoms in total. The number of anilines is 1. The molecule has 1 aromatic carbocycles. The fraction of sp³-hybridized carbons (Fsp3) is 0.417. The maximum absolute atomic E-state index is 12.3. The van der Waals surface area contributed by atoms with E-state index >= 15 is 0 Å². The van der Waals surface area contributed by atoms with Gasteiger partial charge in [-0.05, 0) is 38.1 Å². The first-order valence-electron chi connectivity index (χ1n) is 5.52. The van der Waals surface area contributed by atoms with Crippen LogP contribution in [-0.4, -0.2) is 23.3 Å². The van der Waals surface area contributed by atoms with Crippen LogP contribution in [0.25, 0.3) is 0 Å². The zero-order valence-electron chi connectivity index (χ0n) is 10.5. The zero-order chi connectivity index (χ0) is 14.7. The van der Waals surface area contributed by atoms with E-state index in [0.717, 1.165) is 24.3 Å². The summed E-state index contributed by atoms with van der Waals surface area (Å²) >= 11 is 0. The monoisotopic (exact) mass is 276 g/mol. The molecule has 0 heterocycles. The minimum atomic E-state index is -4.40. The van der Waals surface area contributed by atoms with Gasteiger partial charge in [0.25, 0.3) is 0 Å². The molecular formula is C12H15F3N2O2. The molecule has 0 bridgehead atoms. The lowest BCUT2D eigenvalue weighted by Gasteiger charge is -2.18. The van der Waals surface area contributed by atoms with Crippen LogP contribution in [0.4, 0.5) is 23.7 Å². The Bertz CT molecular complexity index is 436. The van der Waals surface area contributed by atoms with E-state index in [1.165, 1.54) is 13.8 Å². The molecule has 3 N–H and O–H groups in total. The van der Waals surface area contributed by atoms with Crippen LogP contribution in [-0.2, 0) is 6.18 Å². The molecule has 0 saturated heterocycles. The molecule has 0 aromatic heterocycles. The lowest BCUT2D eigenvalue weighted by atomic mass is 10.1. The number of carbonyl (C=O) groups excluding carboxylic acids is 1. The number of rotatable bonds is 3. The molecule has 0 unspecified atom stereocenters. The summed E-state index contributed by atoms with van der Waals surface area (Å²) in [6.07, 6.45) is -4.40. The second kappa shape index (κ2) is 5.48. The van der Waals surface area contributed by atoms with Gasteiger partial charge in [0.05, 0.1) is 11.2 Å². The van der Waals surface area contributed by atoms with Gasteiger partial charge in [0, 0.05) is 12.2 Å². The third-order valence-corrected chi connectivity index (χ3v) is 2.15. The summed E-state index contributed by atoms with van der Waals surface area (Å²) in [5, 5.41) is 14.1. The summed E-state index contributed by atoms with van der Waals surface area (Å²) in [5.41, 5.74) is -1.60. The summed E-state index contributed by atoms with van der Waals surface area (Å²) in [6, 6.07) is 3.48. The molecule has 1 rings (SSSR count). The summed E-state index contributed by atoms with van der Waals surface area (Å²) in [4.78, 5) is 11.4. The molecule has 106 valence electrons.